The van der Waals surface area contributed by atoms with E-state index in [2.05, 4.69) is 0 Å². The Hall–Kier alpha value is -2.75. The van der Waals surface area contributed by atoms with Crippen LogP contribution >= 0.6 is 12.0 Å². The summed E-state index contributed by atoms with van der Waals surface area (Å²) in [6.45, 7) is 6.26. The average Bonchev–Trinajstić information content (AvgIpc) is 3.18. The molecule has 0 saturated heterocycles. The highest BCUT2D eigenvalue weighted by molar-refractivity contribution is 7.93. The Morgan fingerprint density at radius 1 is 1.37 bits per heavy atom. The summed E-state index contributed by atoms with van der Waals surface area (Å²) in [5.74, 6) is -0.926. The number of nitrogens with zero attached hydrogens (tertiary/aromatic N) is 2. The molecular weight excluding hydrogens is 469 g/mol. The van der Waals surface area contributed by atoms with Gasteiger partial charge in [0.05, 0.1) is 29.4 Å². The van der Waals surface area contributed by atoms with Gasteiger partial charge in [-0.15, -0.1) is 0 Å². The number of allylic oxidation sites excluding steroid dienone is 1. The number of benzene rings is 1. The van der Waals surface area contributed by atoms with Crippen molar-refractivity contribution in [1.29, 1.82) is 0 Å². The van der Waals surface area contributed by atoms with Crippen LogP contribution in [0.1, 0.15) is 60.7 Å². The number of aryl methyl sites for hydroxylation is 1. The van der Waals surface area contributed by atoms with Gasteiger partial charge in [-0.3, -0.25) is 9.59 Å². The standard InChI is InChI=1S/C25H26FN3O3.CH4OS/c1-4-14-16(12(2)10-32-25(14)31)7-21-24-17(9-29(21)11-30)22-19(27)6-5-15-13(3)18(26)8-20(28-24)23(15)22;1-3-2/h7-8,11,14,19H,4-6,9-10,27H2,1-3H3;2H,1H3/b21-7-;. The zero-order valence-corrected chi connectivity index (χ0v) is 21.2. The molecule has 2 atom stereocenters. The zero-order chi connectivity index (χ0) is 25.4. The molecule has 3 aliphatic rings. The van der Waals surface area contributed by atoms with Crippen LogP contribution in [-0.4, -0.2) is 39.7 Å². The Kier molecular flexibility index (Phi) is 7.30. The Labute approximate surface area is 208 Å². The number of fused-ring (bicyclic) bond motifs is 2. The number of carbonyl (C=O) groups excluding carboxylic acids is 2. The van der Waals surface area contributed by atoms with E-state index in [1.165, 1.54) is 6.07 Å². The minimum atomic E-state index is -0.387. The van der Waals surface area contributed by atoms with Gasteiger partial charge in [0, 0.05) is 29.3 Å². The topological polar surface area (TPSA) is 106 Å². The van der Waals surface area contributed by atoms with Gasteiger partial charge in [0.15, 0.2) is 0 Å². The summed E-state index contributed by atoms with van der Waals surface area (Å²) >= 11 is 0.750. The first-order valence-corrected chi connectivity index (χ1v) is 12.8. The zero-order valence-electron chi connectivity index (χ0n) is 20.4. The van der Waals surface area contributed by atoms with E-state index in [-0.39, 0.29) is 30.4 Å². The lowest BCUT2D eigenvalue weighted by molar-refractivity contribution is -0.147. The Morgan fingerprint density at radius 3 is 2.74 bits per heavy atom. The number of pyridine rings is 1. The first kappa shape index (κ1) is 25.3. The summed E-state index contributed by atoms with van der Waals surface area (Å²) < 4.78 is 27.5. The second kappa shape index (κ2) is 10.1. The summed E-state index contributed by atoms with van der Waals surface area (Å²) in [6, 6.07) is 1.27. The number of cyclic esters (lactones) is 1. The number of esters is 1. The van der Waals surface area contributed by atoms with Gasteiger partial charge >= 0.3 is 5.97 Å². The summed E-state index contributed by atoms with van der Waals surface area (Å²) in [5, 5.41) is 0.927. The highest BCUT2D eigenvalue weighted by Gasteiger charge is 2.36. The van der Waals surface area contributed by atoms with Crippen LogP contribution in [-0.2, 0) is 27.3 Å². The van der Waals surface area contributed by atoms with Crippen molar-refractivity contribution in [1.82, 2.24) is 9.88 Å². The lowest BCUT2D eigenvalue weighted by Crippen LogP contribution is -2.26. The minimum Gasteiger partial charge on any atom is -0.461 e. The van der Waals surface area contributed by atoms with Crippen LogP contribution in [0, 0.1) is 18.7 Å². The quantitative estimate of drug-likeness (QED) is 0.359. The van der Waals surface area contributed by atoms with Gasteiger partial charge in [-0.1, -0.05) is 6.92 Å². The normalized spacial score (nSPS) is 22.2. The lowest BCUT2D eigenvalue weighted by atomic mass is 9.82. The molecular formula is C26H30FN3O4S. The number of ether oxygens (including phenoxy) is 1. The summed E-state index contributed by atoms with van der Waals surface area (Å²) in [4.78, 5) is 30.8. The molecule has 2 unspecified atom stereocenters. The van der Waals surface area contributed by atoms with Gasteiger partial charge < -0.3 is 19.9 Å². The van der Waals surface area contributed by atoms with Gasteiger partial charge in [0.25, 0.3) is 0 Å². The van der Waals surface area contributed by atoms with E-state index < -0.39 is 0 Å². The van der Waals surface area contributed by atoms with Crippen LogP contribution in [0.15, 0.2) is 23.3 Å². The molecule has 3 heterocycles. The molecule has 1 amide bonds. The molecule has 5 rings (SSSR count). The predicted molar refractivity (Wildman–Crippen MR) is 135 cm³/mol. The maximum atomic E-state index is 14.7. The van der Waals surface area contributed by atoms with Crippen molar-refractivity contribution in [3.05, 3.63) is 57.1 Å². The summed E-state index contributed by atoms with van der Waals surface area (Å²) in [5.41, 5.74) is 13.7. The first-order chi connectivity index (χ1) is 16.8. The molecule has 1 aliphatic carbocycles. The van der Waals surface area contributed by atoms with E-state index in [9.17, 15) is 14.0 Å². The van der Waals surface area contributed by atoms with Crippen molar-refractivity contribution in [2.45, 2.75) is 52.6 Å². The fourth-order valence-corrected chi connectivity index (χ4v) is 5.36. The fourth-order valence-electron chi connectivity index (χ4n) is 5.36. The number of rotatable bonds is 3. The number of halogens is 1. The molecule has 2 aliphatic heterocycles. The van der Waals surface area contributed by atoms with Crippen molar-refractivity contribution in [2.24, 2.45) is 11.7 Å². The summed E-state index contributed by atoms with van der Waals surface area (Å²) in [6.07, 6.45) is 6.29. The van der Waals surface area contributed by atoms with E-state index in [0.29, 0.717) is 41.9 Å². The highest BCUT2D eigenvalue weighted by atomic mass is 32.2. The van der Waals surface area contributed by atoms with Crippen molar-refractivity contribution >= 4 is 41.0 Å². The van der Waals surface area contributed by atoms with Gasteiger partial charge in [-0.05, 0) is 79.1 Å². The maximum absolute atomic E-state index is 14.7. The smallest absolute Gasteiger partial charge is 0.313 e. The highest BCUT2D eigenvalue weighted by Crippen LogP contribution is 2.44. The van der Waals surface area contributed by atoms with Crippen molar-refractivity contribution in [3.63, 3.8) is 0 Å². The van der Waals surface area contributed by atoms with Crippen LogP contribution in [0.3, 0.4) is 0 Å². The molecule has 9 heteroatoms. The SMILES string of the molecule is CCC1C(=O)OCC(C)=C1/C=C1/c2nc3cc(F)c(C)c4c3c(c2CN1C=O)C(N)CC4.CSO. The third-order valence-electron chi connectivity index (χ3n) is 7.11. The number of carbonyl (C=O) groups is 2. The van der Waals surface area contributed by atoms with Gasteiger partial charge in [0.1, 0.15) is 12.4 Å². The molecule has 3 N–H and O–H groups in total. The number of nitrogens with two attached hydrogens (primary N) is 1. The number of amides is 1. The molecule has 35 heavy (non-hydrogen) atoms. The molecule has 0 fully saturated rings. The van der Waals surface area contributed by atoms with E-state index in [1.807, 2.05) is 19.9 Å². The van der Waals surface area contributed by atoms with Crippen LogP contribution in [0.25, 0.3) is 16.6 Å². The minimum absolute atomic E-state index is 0.200. The molecule has 7 nitrogen and oxygen atoms in total. The van der Waals surface area contributed by atoms with Crippen LogP contribution in [0.2, 0.25) is 0 Å². The summed E-state index contributed by atoms with van der Waals surface area (Å²) in [7, 11) is 0. The molecule has 0 saturated carbocycles. The van der Waals surface area contributed by atoms with Crippen LogP contribution < -0.4 is 5.73 Å². The molecule has 186 valence electrons. The molecule has 2 aromatic rings. The second-order valence-corrected chi connectivity index (χ2v) is 9.47. The fraction of sp³-hybridized carbons (Fsp3) is 0.423. The first-order valence-electron chi connectivity index (χ1n) is 11.6. The van der Waals surface area contributed by atoms with Crippen LogP contribution in [0.4, 0.5) is 4.39 Å². The van der Waals surface area contributed by atoms with Gasteiger partial charge in [-0.2, -0.15) is 0 Å². The van der Waals surface area contributed by atoms with Gasteiger partial charge in [-0.25, -0.2) is 9.37 Å². The van der Waals surface area contributed by atoms with E-state index in [0.717, 1.165) is 58.1 Å². The van der Waals surface area contributed by atoms with Crippen molar-refractivity contribution < 1.29 is 23.3 Å². The number of aromatic nitrogens is 1. The monoisotopic (exact) mass is 499 g/mol. The second-order valence-electron chi connectivity index (χ2n) is 9.10. The van der Waals surface area contributed by atoms with E-state index >= 15 is 0 Å². The third-order valence-corrected chi connectivity index (χ3v) is 7.11. The van der Waals surface area contributed by atoms with Gasteiger partial charge in [0.2, 0.25) is 6.41 Å². The number of hydrogen-bond donors (Lipinski definition) is 2. The van der Waals surface area contributed by atoms with E-state index in [4.69, 9.17) is 20.0 Å². The average molecular weight is 500 g/mol. The molecule has 1 aromatic carbocycles. The van der Waals surface area contributed by atoms with E-state index in [1.54, 1.807) is 18.1 Å². The van der Waals surface area contributed by atoms with Crippen molar-refractivity contribution in [3.8, 4) is 0 Å². The Morgan fingerprint density at radius 2 is 2.09 bits per heavy atom. The number of hydrogen-bond acceptors (Lipinski definition) is 7. The Balaban J connectivity index is 0.000000917. The lowest BCUT2D eigenvalue weighted by Gasteiger charge is -2.26. The molecule has 0 radical (unpaired) electrons. The molecule has 0 bridgehead atoms. The van der Waals surface area contributed by atoms with Crippen LogP contribution in [0.5, 0.6) is 0 Å². The third kappa shape index (κ3) is 4.26. The largest absolute Gasteiger partial charge is 0.461 e. The predicted octanol–water partition coefficient (Wildman–Crippen LogP) is 4.66. The maximum Gasteiger partial charge on any atom is 0.313 e. The molecule has 1 aromatic heterocycles. The molecule has 0 spiro atoms. The Bertz CT molecular complexity index is 1270. The van der Waals surface area contributed by atoms with Crippen molar-refractivity contribution in [2.75, 3.05) is 12.9 Å².